The number of thiazole rings is 1. The third-order valence-electron chi connectivity index (χ3n) is 5.66. The van der Waals surface area contributed by atoms with Crippen molar-refractivity contribution in [3.8, 4) is 6.01 Å². The van der Waals surface area contributed by atoms with Crippen LogP contribution >= 0.6 is 11.3 Å². The minimum absolute atomic E-state index is 0.0211. The second-order valence-electron chi connectivity index (χ2n) is 8.57. The van der Waals surface area contributed by atoms with Crippen LogP contribution in [-0.2, 0) is 0 Å². The molecule has 4 rings (SSSR count). The number of rotatable bonds is 8. The van der Waals surface area contributed by atoms with Crippen LogP contribution in [0, 0.1) is 0 Å². The molecule has 0 saturated heterocycles. The van der Waals surface area contributed by atoms with Crippen LogP contribution in [0.5, 0.6) is 6.01 Å². The maximum Gasteiger partial charge on any atom is 0.297 e. The van der Waals surface area contributed by atoms with Crippen molar-refractivity contribution < 1.29 is 18.3 Å². The zero-order chi connectivity index (χ0) is 25.1. The molecular weight excluding hydrogens is 478 g/mol. The zero-order valence-electron chi connectivity index (χ0n) is 19.4. The Morgan fingerprint density at radius 3 is 2.83 bits per heavy atom. The predicted molar refractivity (Wildman–Crippen MR) is 129 cm³/mol. The van der Waals surface area contributed by atoms with Gasteiger partial charge in [-0.1, -0.05) is 0 Å². The highest BCUT2D eigenvalue weighted by Crippen LogP contribution is 2.36. The summed E-state index contributed by atoms with van der Waals surface area (Å²) in [7, 11) is 0. The van der Waals surface area contributed by atoms with E-state index in [0.717, 1.165) is 31.0 Å². The highest BCUT2D eigenvalue weighted by molar-refractivity contribution is 7.13. The van der Waals surface area contributed by atoms with Gasteiger partial charge in [0.25, 0.3) is 18.3 Å². The number of fused-ring (bicyclic) bond motifs is 1. The molecule has 2 atom stereocenters. The average molecular weight is 507 g/mol. The van der Waals surface area contributed by atoms with E-state index in [4.69, 9.17) is 16.3 Å². The van der Waals surface area contributed by atoms with Crippen LogP contribution in [0.1, 0.15) is 66.7 Å². The fourth-order valence-corrected chi connectivity index (χ4v) is 4.87. The molecule has 0 aliphatic heterocycles. The van der Waals surface area contributed by atoms with Gasteiger partial charge in [0.1, 0.15) is 11.3 Å². The first-order chi connectivity index (χ1) is 16.8. The number of anilines is 1. The maximum absolute atomic E-state index is 12.9. The summed E-state index contributed by atoms with van der Waals surface area (Å²) < 4.78 is 33.8. The summed E-state index contributed by atoms with van der Waals surface area (Å²) in [5, 5.41) is 4.30. The fourth-order valence-electron chi connectivity index (χ4n) is 4.19. The van der Waals surface area contributed by atoms with E-state index in [0.29, 0.717) is 35.1 Å². The number of imidazole rings is 1. The van der Waals surface area contributed by atoms with E-state index in [1.165, 1.54) is 17.4 Å². The van der Waals surface area contributed by atoms with Gasteiger partial charge in [0, 0.05) is 36.7 Å². The highest BCUT2D eigenvalue weighted by atomic mass is 32.1. The number of carbonyl (C=O) groups excluding carboxylic acids is 1. The van der Waals surface area contributed by atoms with Crippen molar-refractivity contribution in [3.63, 3.8) is 0 Å². The van der Waals surface area contributed by atoms with Crippen LogP contribution in [0.4, 0.5) is 14.6 Å². The first kappa shape index (κ1) is 24.8. The van der Waals surface area contributed by atoms with Gasteiger partial charge < -0.3 is 15.8 Å². The number of ether oxygens (including phenoxy) is 1. The van der Waals surface area contributed by atoms with Crippen molar-refractivity contribution >= 4 is 34.1 Å². The molecule has 3 aromatic heterocycles. The van der Waals surface area contributed by atoms with E-state index in [9.17, 15) is 13.6 Å². The fraction of sp³-hybridized carbons (Fsp3) is 0.455. The van der Waals surface area contributed by atoms with E-state index >= 15 is 0 Å². The number of alkyl halides is 2. The van der Waals surface area contributed by atoms with Crippen molar-refractivity contribution in [2.75, 3.05) is 5.01 Å². The van der Waals surface area contributed by atoms with Gasteiger partial charge in [0.2, 0.25) is 0 Å². The number of nitrogens with zero attached hydrogens (tertiary/aromatic N) is 5. The zero-order valence-corrected chi connectivity index (χ0v) is 20.2. The number of halogens is 2. The molecule has 0 spiro atoms. The summed E-state index contributed by atoms with van der Waals surface area (Å²) in [5.74, 6) is 6.05. The van der Waals surface area contributed by atoms with Crippen molar-refractivity contribution in [2.24, 2.45) is 11.6 Å². The smallest absolute Gasteiger partial charge is 0.297 e. The minimum atomic E-state index is -2.65. The third-order valence-corrected chi connectivity index (χ3v) is 6.66. The first-order valence-electron chi connectivity index (χ1n) is 11.3. The molecule has 0 radical (unpaired) electrons. The Morgan fingerprint density at radius 2 is 2.14 bits per heavy atom. The summed E-state index contributed by atoms with van der Waals surface area (Å²) in [4.78, 5) is 25.3. The summed E-state index contributed by atoms with van der Waals surface area (Å²) in [5.41, 5.74) is 6.91. The van der Waals surface area contributed by atoms with E-state index in [2.05, 4.69) is 20.3 Å². The number of pyridine rings is 1. The van der Waals surface area contributed by atoms with Gasteiger partial charge in [0.15, 0.2) is 5.01 Å². The summed E-state index contributed by atoms with van der Waals surface area (Å²) in [6.07, 6.45) is 5.83. The van der Waals surface area contributed by atoms with E-state index in [1.54, 1.807) is 6.20 Å². The number of carbonyl (C=O) groups is 1. The number of hydrogen-bond donors (Lipinski definition) is 3. The quantitative estimate of drug-likeness (QED) is 0.311. The monoisotopic (exact) mass is 506 g/mol. The number of nitrogens with two attached hydrogens (primary N) is 2. The summed E-state index contributed by atoms with van der Waals surface area (Å²) in [6.45, 7) is 3.85. The molecule has 1 aliphatic rings. The molecule has 3 aromatic rings. The highest BCUT2D eigenvalue weighted by Gasteiger charge is 2.30. The van der Waals surface area contributed by atoms with Crippen molar-refractivity contribution in [2.45, 2.75) is 64.1 Å². The normalized spacial score (nSPS) is 18.6. The lowest BCUT2D eigenvalue weighted by Crippen LogP contribution is -2.39. The molecule has 5 N–H and O–H groups in total. The topological polar surface area (TPSA) is 137 Å². The Labute approximate surface area is 205 Å². The third kappa shape index (κ3) is 5.51. The van der Waals surface area contributed by atoms with Gasteiger partial charge >= 0.3 is 0 Å². The van der Waals surface area contributed by atoms with E-state index in [-0.39, 0.29) is 28.1 Å². The van der Waals surface area contributed by atoms with Crippen LogP contribution in [-0.4, -0.2) is 37.6 Å². The summed E-state index contributed by atoms with van der Waals surface area (Å²) >= 11 is 0.709. The molecule has 188 valence electrons. The number of hydrogen-bond acceptors (Lipinski definition) is 9. The second kappa shape index (κ2) is 10.5. The minimum Gasteiger partial charge on any atom is -0.462 e. The molecule has 35 heavy (non-hydrogen) atoms. The molecule has 1 fully saturated rings. The predicted octanol–water partition coefficient (Wildman–Crippen LogP) is 3.64. The molecule has 1 saturated carbocycles. The Morgan fingerprint density at radius 1 is 1.34 bits per heavy atom. The molecule has 1 amide bonds. The van der Waals surface area contributed by atoms with Crippen molar-refractivity contribution in [3.05, 3.63) is 40.7 Å². The van der Waals surface area contributed by atoms with Crippen LogP contribution in [0.25, 0.3) is 11.0 Å². The number of amides is 1. The molecule has 13 heteroatoms. The van der Waals surface area contributed by atoms with Gasteiger partial charge in [-0.15, -0.1) is 11.3 Å². The Balaban J connectivity index is 1.60. The van der Waals surface area contributed by atoms with Crippen LogP contribution < -0.4 is 26.6 Å². The number of nitrogens with one attached hydrogen (secondary N) is 1. The molecule has 0 aromatic carbocycles. The van der Waals surface area contributed by atoms with Gasteiger partial charge in [-0.25, -0.2) is 24.6 Å². The van der Waals surface area contributed by atoms with Gasteiger partial charge in [-0.3, -0.25) is 14.4 Å². The lowest BCUT2D eigenvalue weighted by atomic mass is 9.90. The molecule has 10 nitrogen and oxygen atoms in total. The van der Waals surface area contributed by atoms with Crippen LogP contribution in [0.3, 0.4) is 0 Å². The summed E-state index contributed by atoms with van der Waals surface area (Å²) in [6, 6.07) is 2.11. The molecular formula is C22H28F2N8O2S. The largest absolute Gasteiger partial charge is 0.462 e. The lowest BCUT2D eigenvalue weighted by molar-refractivity contribution is 0.0919. The molecule has 0 unspecified atom stereocenters. The van der Waals surface area contributed by atoms with Crippen LogP contribution in [0.15, 0.2) is 30.9 Å². The number of aromatic nitrogens is 4. The number of hydrazine groups is 1. The molecule has 0 bridgehead atoms. The van der Waals surface area contributed by atoms with E-state index < -0.39 is 12.3 Å². The van der Waals surface area contributed by atoms with Crippen molar-refractivity contribution in [1.82, 2.24) is 24.8 Å². The van der Waals surface area contributed by atoms with Gasteiger partial charge in [-0.2, -0.15) is 4.98 Å². The second-order valence-corrected chi connectivity index (χ2v) is 9.63. The Hall–Kier alpha value is -3.32. The molecule has 1 aliphatic carbocycles. The van der Waals surface area contributed by atoms with E-state index in [1.807, 2.05) is 24.5 Å². The lowest BCUT2D eigenvalue weighted by Gasteiger charge is -2.31. The maximum atomic E-state index is 12.9. The SMILES string of the molecule is CC(C)Oc1nc2cnc(N(N)/C=C\N)cc2n1[C@@H]1CCC[C@H](NC(=O)c2ncc(C(F)F)s2)C1. The average Bonchev–Trinajstić information content (AvgIpc) is 3.44. The van der Waals surface area contributed by atoms with Gasteiger partial charge in [-0.05, 0) is 39.5 Å². The molecule has 3 heterocycles. The van der Waals surface area contributed by atoms with Gasteiger partial charge in [0.05, 0.1) is 22.7 Å². The first-order valence-corrected chi connectivity index (χ1v) is 12.1. The Bertz CT molecular complexity index is 1210. The Kier molecular flexibility index (Phi) is 7.45. The standard InChI is InChI=1S/C22H28F2N8O2S/c1-12(2)34-22-30-15-10-27-18(31(26)7-6-25)9-16(15)32(22)14-5-3-4-13(8-14)29-20(33)21-28-11-17(35-21)19(23)24/h6-7,9-14,19H,3-5,8,25-26H2,1-2H3,(H,29,33)/b7-6-/t13-,14+/m0/s1. The van der Waals surface area contributed by atoms with Crippen molar-refractivity contribution in [1.29, 1.82) is 0 Å². The van der Waals surface area contributed by atoms with Crippen LogP contribution in [0.2, 0.25) is 0 Å².